The van der Waals surface area contributed by atoms with E-state index in [1.54, 1.807) is 17.0 Å². The summed E-state index contributed by atoms with van der Waals surface area (Å²) in [6.07, 6.45) is 2.34. The van der Waals surface area contributed by atoms with Crippen molar-refractivity contribution in [1.29, 1.82) is 0 Å². The number of nitrogens with one attached hydrogen (secondary N) is 1. The molecule has 4 rings (SSSR count). The fraction of sp³-hybridized carbons (Fsp3) is 0.391. The minimum absolute atomic E-state index is 0.0864. The highest BCUT2D eigenvalue weighted by atomic mass is 16.5. The number of hydrogen-bond acceptors (Lipinski definition) is 5. The zero-order valence-electron chi connectivity index (χ0n) is 17.1. The van der Waals surface area contributed by atoms with E-state index in [1.807, 2.05) is 37.3 Å². The third-order valence-electron chi connectivity index (χ3n) is 5.24. The lowest BCUT2D eigenvalue weighted by molar-refractivity contribution is -0.123. The Morgan fingerprint density at radius 3 is 2.60 bits per heavy atom. The molecule has 0 saturated carbocycles. The van der Waals surface area contributed by atoms with Crippen molar-refractivity contribution in [3.63, 3.8) is 0 Å². The first-order chi connectivity index (χ1) is 14.6. The van der Waals surface area contributed by atoms with Crippen LogP contribution in [0.4, 0.5) is 5.69 Å². The molecule has 0 radical (unpaired) electrons. The van der Waals surface area contributed by atoms with E-state index in [4.69, 9.17) is 14.2 Å². The first-order valence-corrected chi connectivity index (χ1v) is 10.3. The molecule has 0 aliphatic carbocycles. The molecule has 1 N–H and O–H groups in total. The summed E-state index contributed by atoms with van der Waals surface area (Å²) in [4.78, 5) is 25.9. The van der Waals surface area contributed by atoms with Gasteiger partial charge in [-0.3, -0.25) is 9.59 Å². The van der Waals surface area contributed by atoms with Crippen LogP contribution in [0.15, 0.2) is 42.5 Å². The Labute approximate surface area is 175 Å². The van der Waals surface area contributed by atoms with Crippen molar-refractivity contribution in [2.45, 2.75) is 32.2 Å². The Hall–Kier alpha value is -3.22. The monoisotopic (exact) mass is 410 g/mol. The van der Waals surface area contributed by atoms with Crippen molar-refractivity contribution in [2.75, 3.05) is 31.3 Å². The van der Waals surface area contributed by atoms with Gasteiger partial charge in [0.1, 0.15) is 5.75 Å². The fourth-order valence-electron chi connectivity index (χ4n) is 3.61. The molecule has 2 amide bonds. The quantitative estimate of drug-likeness (QED) is 0.791. The van der Waals surface area contributed by atoms with Gasteiger partial charge in [0.25, 0.3) is 5.91 Å². The summed E-state index contributed by atoms with van der Waals surface area (Å²) in [6.45, 7) is 3.84. The number of ether oxygens (including phenoxy) is 3. The molecule has 2 aliphatic rings. The largest absolute Gasteiger partial charge is 0.490 e. The number of rotatable bonds is 6. The number of anilines is 1. The highest BCUT2D eigenvalue weighted by Gasteiger charge is 2.21. The predicted octanol–water partition coefficient (Wildman–Crippen LogP) is 3.23. The van der Waals surface area contributed by atoms with Crippen LogP contribution in [0, 0.1) is 0 Å². The third kappa shape index (κ3) is 4.67. The Kier molecular flexibility index (Phi) is 6.07. The topological polar surface area (TPSA) is 77.1 Å². The number of nitrogens with zero attached hydrogens (tertiary/aromatic N) is 1. The molecule has 1 fully saturated rings. The smallest absolute Gasteiger partial charge is 0.258 e. The molecule has 7 heteroatoms. The van der Waals surface area contributed by atoms with Crippen LogP contribution in [0.1, 0.15) is 37.8 Å². The fourth-order valence-corrected chi connectivity index (χ4v) is 3.61. The normalized spacial score (nSPS) is 16.7. The van der Waals surface area contributed by atoms with Gasteiger partial charge < -0.3 is 24.4 Å². The second-order valence-corrected chi connectivity index (χ2v) is 7.48. The summed E-state index contributed by atoms with van der Waals surface area (Å²) in [6, 6.07) is 12.8. The Morgan fingerprint density at radius 1 is 1.10 bits per heavy atom. The Morgan fingerprint density at radius 2 is 1.87 bits per heavy atom. The van der Waals surface area contributed by atoms with E-state index >= 15 is 0 Å². The maximum atomic E-state index is 12.3. The lowest BCUT2D eigenvalue weighted by atomic mass is 10.1. The number of benzene rings is 2. The molecule has 1 atom stereocenters. The van der Waals surface area contributed by atoms with E-state index in [0.29, 0.717) is 31.1 Å². The van der Waals surface area contributed by atoms with Gasteiger partial charge in [0, 0.05) is 25.1 Å². The summed E-state index contributed by atoms with van der Waals surface area (Å²) in [5, 5.41) is 2.94. The molecular weight excluding hydrogens is 384 g/mol. The molecule has 2 aliphatic heterocycles. The van der Waals surface area contributed by atoms with Crippen molar-refractivity contribution in [3.8, 4) is 17.2 Å². The van der Waals surface area contributed by atoms with E-state index in [9.17, 15) is 9.59 Å². The van der Waals surface area contributed by atoms with Crippen molar-refractivity contribution < 1.29 is 23.8 Å². The molecule has 0 aromatic heterocycles. The molecule has 1 unspecified atom stereocenters. The average molecular weight is 410 g/mol. The zero-order chi connectivity index (χ0) is 20.9. The second kappa shape index (κ2) is 9.07. The van der Waals surface area contributed by atoms with Gasteiger partial charge in [-0.2, -0.15) is 0 Å². The van der Waals surface area contributed by atoms with Crippen LogP contribution >= 0.6 is 0 Å². The molecule has 1 saturated heterocycles. The maximum Gasteiger partial charge on any atom is 0.258 e. The first-order valence-electron chi connectivity index (χ1n) is 10.3. The van der Waals surface area contributed by atoms with E-state index in [2.05, 4.69) is 5.32 Å². The summed E-state index contributed by atoms with van der Waals surface area (Å²) in [5.74, 6) is 1.96. The third-order valence-corrected chi connectivity index (χ3v) is 5.24. The maximum absolute atomic E-state index is 12.3. The van der Waals surface area contributed by atoms with E-state index in [0.717, 1.165) is 36.4 Å². The van der Waals surface area contributed by atoms with Gasteiger partial charge in [-0.05, 0) is 55.3 Å². The van der Waals surface area contributed by atoms with Gasteiger partial charge in [0.15, 0.2) is 18.1 Å². The van der Waals surface area contributed by atoms with Gasteiger partial charge in [-0.15, -0.1) is 0 Å². The van der Waals surface area contributed by atoms with Crippen LogP contribution in [-0.2, 0) is 9.59 Å². The summed E-state index contributed by atoms with van der Waals surface area (Å²) in [7, 11) is 0. The number of hydrogen-bond donors (Lipinski definition) is 1. The summed E-state index contributed by atoms with van der Waals surface area (Å²) in [5.41, 5.74) is 1.80. The number of carbonyl (C=O) groups is 2. The zero-order valence-corrected chi connectivity index (χ0v) is 17.1. The van der Waals surface area contributed by atoms with E-state index < -0.39 is 0 Å². The standard InChI is InChI=1S/C23H26N2O5/c1-16(17-5-10-20-21(14-17)29-13-3-12-28-20)24-22(26)15-30-19-8-6-18(7-9-19)25-11-2-4-23(25)27/h5-10,14,16H,2-4,11-13,15H2,1H3,(H,24,26). The molecule has 0 bridgehead atoms. The summed E-state index contributed by atoms with van der Waals surface area (Å²) < 4.78 is 17.0. The van der Waals surface area contributed by atoms with Crippen LogP contribution in [0.2, 0.25) is 0 Å². The Bertz CT molecular complexity index is 912. The van der Waals surface area contributed by atoms with Gasteiger partial charge in [-0.25, -0.2) is 0 Å². The Balaban J connectivity index is 1.29. The van der Waals surface area contributed by atoms with Crippen molar-refractivity contribution in [1.82, 2.24) is 5.32 Å². The molecule has 2 heterocycles. The number of fused-ring (bicyclic) bond motifs is 1. The average Bonchev–Trinajstić information content (AvgIpc) is 3.04. The number of amides is 2. The van der Waals surface area contributed by atoms with Crippen molar-refractivity contribution >= 4 is 17.5 Å². The molecule has 2 aromatic carbocycles. The minimum atomic E-state index is -0.214. The highest BCUT2D eigenvalue weighted by Crippen LogP contribution is 2.32. The molecule has 7 nitrogen and oxygen atoms in total. The van der Waals surface area contributed by atoms with Crippen LogP contribution in [0.25, 0.3) is 0 Å². The molecule has 158 valence electrons. The van der Waals surface area contributed by atoms with Gasteiger partial charge in [0.2, 0.25) is 5.91 Å². The molecule has 0 spiro atoms. The van der Waals surface area contributed by atoms with Crippen molar-refractivity contribution in [3.05, 3.63) is 48.0 Å². The summed E-state index contributed by atoms with van der Waals surface area (Å²) >= 11 is 0. The number of carbonyl (C=O) groups excluding carboxylic acids is 2. The van der Waals surface area contributed by atoms with Crippen LogP contribution < -0.4 is 24.4 Å². The SMILES string of the molecule is CC(NC(=O)COc1ccc(N2CCCC2=O)cc1)c1ccc2c(c1)OCCCO2. The second-order valence-electron chi connectivity index (χ2n) is 7.48. The van der Waals surface area contributed by atoms with Gasteiger partial charge in [0.05, 0.1) is 19.3 Å². The lowest BCUT2D eigenvalue weighted by Gasteiger charge is -2.17. The van der Waals surface area contributed by atoms with E-state index in [1.165, 1.54) is 0 Å². The van der Waals surface area contributed by atoms with Crippen LogP contribution in [-0.4, -0.2) is 38.2 Å². The molecule has 30 heavy (non-hydrogen) atoms. The first kappa shape index (κ1) is 20.1. The van der Waals surface area contributed by atoms with Crippen molar-refractivity contribution in [2.24, 2.45) is 0 Å². The predicted molar refractivity (Wildman–Crippen MR) is 112 cm³/mol. The lowest BCUT2D eigenvalue weighted by Crippen LogP contribution is -2.31. The van der Waals surface area contributed by atoms with Gasteiger partial charge in [-0.1, -0.05) is 6.07 Å². The van der Waals surface area contributed by atoms with Crippen LogP contribution in [0.5, 0.6) is 17.2 Å². The van der Waals surface area contributed by atoms with Crippen LogP contribution in [0.3, 0.4) is 0 Å². The van der Waals surface area contributed by atoms with Gasteiger partial charge >= 0.3 is 0 Å². The molecule has 2 aromatic rings. The molecular formula is C23H26N2O5. The van der Waals surface area contributed by atoms with E-state index in [-0.39, 0.29) is 24.5 Å². The minimum Gasteiger partial charge on any atom is -0.490 e. The highest BCUT2D eigenvalue weighted by molar-refractivity contribution is 5.95.